The summed E-state index contributed by atoms with van der Waals surface area (Å²) in [6.07, 6.45) is 27.3. The Morgan fingerprint density at radius 2 is 1.13 bits per heavy atom. The van der Waals surface area contributed by atoms with Crippen LogP contribution in [0.2, 0.25) is 0 Å². The molecule has 0 aromatic carbocycles. The summed E-state index contributed by atoms with van der Waals surface area (Å²) in [6.45, 7) is 14.5. The minimum Gasteiger partial charge on any atom is -0.356 e. The van der Waals surface area contributed by atoms with Gasteiger partial charge in [0.15, 0.2) is 0 Å². The first-order valence-electron chi connectivity index (χ1n) is 17.3. The third kappa shape index (κ3) is 25.6. The highest BCUT2D eigenvalue weighted by molar-refractivity contribution is 5.79. The molecule has 39 heavy (non-hydrogen) atoms. The molecule has 232 valence electrons. The van der Waals surface area contributed by atoms with Crippen molar-refractivity contribution in [2.24, 2.45) is 11.3 Å². The van der Waals surface area contributed by atoms with Gasteiger partial charge in [0.05, 0.1) is 0 Å². The Kier molecular flexibility index (Phi) is 25.2. The molecule has 0 aromatic heterocycles. The van der Waals surface area contributed by atoms with E-state index in [9.17, 15) is 9.59 Å². The van der Waals surface area contributed by atoms with E-state index < -0.39 is 0 Å². The van der Waals surface area contributed by atoms with Gasteiger partial charge in [0, 0.05) is 25.4 Å². The molecule has 0 spiro atoms. The van der Waals surface area contributed by atoms with Gasteiger partial charge >= 0.3 is 0 Å². The van der Waals surface area contributed by atoms with Crippen LogP contribution in [0.5, 0.6) is 0 Å². The van der Waals surface area contributed by atoms with Crippen molar-refractivity contribution in [3.63, 3.8) is 0 Å². The summed E-state index contributed by atoms with van der Waals surface area (Å²) < 4.78 is 0. The van der Waals surface area contributed by atoms with Crippen LogP contribution in [-0.4, -0.2) is 24.4 Å². The maximum atomic E-state index is 12.4. The summed E-state index contributed by atoms with van der Waals surface area (Å²) in [5.74, 6) is 0.669. The molecule has 0 aromatic rings. The van der Waals surface area contributed by atoms with Crippen molar-refractivity contribution in [3.05, 3.63) is 0 Å². The first-order chi connectivity index (χ1) is 18.7. The summed E-state index contributed by atoms with van der Waals surface area (Å²) >= 11 is 0. The zero-order valence-electron chi connectivity index (χ0n) is 27.4. The van der Waals surface area contributed by atoms with Crippen molar-refractivity contribution in [1.29, 1.82) is 0 Å². The van der Waals surface area contributed by atoms with Gasteiger partial charge < -0.3 is 10.6 Å². The largest absolute Gasteiger partial charge is 0.356 e. The molecule has 0 rings (SSSR count). The van der Waals surface area contributed by atoms with Crippen LogP contribution in [0.3, 0.4) is 0 Å². The summed E-state index contributed by atoms with van der Waals surface area (Å²) in [5, 5.41) is 6.35. The van der Waals surface area contributed by atoms with Crippen molar-refractivity contribution in [2.45, 2.75) is 195 Å². The predicted octanol–water partition coefficient (Wildman–Crippen LogP) is 10.3. The zero-order chi connectivity index (χ0) is 29.2. The number of amides is 2. The molecule has 0 heterocycles. The molecular formula is C35H70N2O2. The first kappa shape index (κ1) is 37.9. The Bertz CT molecular complexity index is 575. The van der Waals surface area contributed by atoms with Crippen LogP contribution in [0.15, 0.2) is 0 Å². The second-order valence-corrected chi connectivity index (χ2v) is 13.3. The summed E-state index contributed by atoms with van der Waals surface area (Å²) in [4.78, 5) is 24.8. The van der Waals surface area contributed by atoms with Gasteiger partial charge in [0.2, 0.25) is 11.8 Å². The number of nitrogens with one attached hydrogen (secondary N) is 2. The molecular weight excluding hydrogens is 480 g/mol. The van der Waals surface area contributed by atoms with E-state index in [-0.39, 0.29) is 11.8 Å². The van der Waals surface area contributed by atoms with Crippen LogP contribution in [0.1, 0.15) is 189 Å². The highest BCUT2D eigenvalue weighted by Gasteiger charge is 2.21. The van der Waals surface area contributed by atoms with Gasteiger partial charge in [0.25, 0.3) is 0 Å². The third-order valence-electron chi connectivity index (χ3n) is 8.22. The number of rotatable bonds is 28. The van der Waals surface area contributed by atoms with Crippen LogP contribution in [0.25, 0.3) is 0 Å². The minimum atomic E-state index is 0.0863. The van der Waals surface area contributed by atoms with Crippen molar-refractivity contribution in [1.82, 2.24) is 10.6 Å². The Balaban J connectivity index is 3.94. The highest BCUT2D eigenvalue weighted by atomic mass is 16.2. The molecule has 2 amide bonds. The Morgan fingerprint density at radius 3 is 1.69 bits per heavy atom. The summed E-state index contributed by atoms with van der Waals surface area (Å²) in [7, 11) is 0. The number of hydrogen-bond acceptors (Lipinski definition) is 2. The van der Waals surface area contributed by atoms with E-state index in [1.165, 1.54) is 103 Å². The number of hydrogen-bond donors (Lipinski definition) is 2. The van der Waals surface area contributed by atoms with Crippen molar-refractivity contribution < 1.29 is 9.59 Å². The fraction of sp³-hybridized carbons (Fsp3) is 0.943. The molecule has 0 aliphatic heterocycles. The van der Waals surface area contributed by atoms with Gasteiger partial charge in [-0.2, -0.15) is 0 Å². The van der Waals surface area contributed by atoms with Crippen molar-refractivity contribution >= 4 is 11.8 Å². The van der Waals surface area contributed by atoms with E-state index in [1.54, 1.807) is 0 Å². The quantitative estimate of drug-likeness (QED) is 0.0952. The molecule has 0 bridgehead atoms. The standard InChI is InChI=1S/C35H70N2O2/c1-7-10-12-14-15-16-17-18-20-22-28-35(5,6)29-31(4)30-36-33(38)26-23-27-34(39)37-32(24-9-3)25-21-19-13-11-8-2/h31-32H,7-30H2,1-6H3,(H,36,38)(H,37,39). The normalized spacial score (nSPS) is 13.3. The Hall–Kier alpha value is -1.06. The van der Waals surface area contributed by atoms with Crippen LogP contribution in [0, 0.1) is 11.3 Å². The van der Waals surface area contributed by atoms with Gasteiger partial charge in [0.1, 0.15) is 0 Å². The van der Waals surface area contributed by atoms with E-state index in [0.29, 0.717) is 36.6 Å². The zero-order valence-corrected chi connectivity index (χ0v) is 27.4. The fourth-order valence-electron chi connectivity index (χ4n) is 5.93. The molecule has 2 atom stereocenters. The van der Waals surface area contributed by atoms with E-state index in [4.69, 9.17) is 0 Å². The van der Waals surface area contributed by atoms with E-state index in [0.717, 1.165) is 32.2 Å². The average molecular weight is 551 g/mol. The molecule has 4 nitrogen and oxygen atoms in total. The highest BCUT2D eigenvalue weighted by Crippen LogP contribution is 2.31. The SMILES string of the molecule is CCCCCCCCCCCCC(C)(C)CC(C)CNC(=O)CCCC(=O)NC(CCC)CCCCCCC. The summed E-state index contributed by atoms with van der Waals surface area (Å²) in [5.41, 5.74) is 0.327. The van der Waals surface area contributed by atoms with Gasteiger partial charge in [-0.1, -0.05) is 144 Å². The van der Waals surface area contributed by atoms with Gasteiger partial charge in [-0.05, 0) is 43.4 Å². The second kappa shape index (κ2) is 25.9. The smallest absolute Gasteiger partial charge is 0.220 e. The topological polar surface area (TPSA) is 58.2 Å². The molecule has 0 radical (unpaired) electrons. The van der Waals surface area contributed by atoms with Crippen LogP contribution < -0.4 is 10.6 Å². The fourth-order valence-corrected chi connectivity index (χ4v) is 5.93. The van der Waals surface area contributed by atoms with Crippen LogP contribution in [0.4, 0.5) is 0 Å². The Labute approximate surface area is 245 Å². The van der Waals surface area contributed by atoms with E-state index in [1.807, 2.05) is 0 Å². The van der Waals surface area contributed by atoms with E-state index >= 15 is 0 Å². The van der Waals surface area contributed by atoms with Crippen LogP contribution in [-0.2, 0) is 9.59 Å². The van der Waals surface area contributed by atoms with E-state index in [2.05, 4.69) is 52.2 Å². The molecule has 0 aliphatic rings. The lowest BCUT2D eigenvalue weighted by Crippen LogP contribution is -2.35. The minimum absolute atomic E-state index is 0.0863. The molecule has 0 saturated carbocycles. The Morgan fingerprint density at radius 1 is 0.615 bits per heavy atom. The first-order valence-corrected chi connectivity index (χ1v) is 17.3. The molecule has 0 saturated heterocycles. The van der Waals surface area contributed by atoms with Crippen LogP contribution >= 0.6 is 0 Å². The summed E-state index contributed by atoms with van der Waals surface area (Å²) in [6, 6.07) is 0.294. The lowest BCUT2D eigenvalue weighted by atomic mass is 9.79. The number of carbonyl (C=O) groups excluding carboxylic acids is 2. The number of unbranched alkanes of at least 4 members (excludes halogenated alkanes) is 13. The van der Waals surface area contributed by atoms with Crippen molar-refractivity contribution in [2.75, 3.05) is 6.54 Å². The lowest BCUT2D eigenvalue weighted by Gasteiger charge is -2.28. The van der Waals surface area contributed by atoms with Gasteiger partial charge in [-0.3, -0.25) is 9.59 Å². The average Bonchev–Trinajstić information content (AvgIpc) is 2.88. The predicted molar refractivity (Wildman–Crippen MR) is 171 cm³/mol. The lowest BCUT2D eigenvalue weighted by molar-refractivity contribution is -0.123. The maximum Gasteiger partial charge on any atom is 0.220 e. The molecule has 2 N–H and O–H groups in total. The molecule has 4 heteroatoms. The molecule has 0 fully saturated rings. The second-order valence-electron chi connectivity index (χ2n) is 13.3. The maximum absolute atomic E-state index is 12.4. The molecule has 0 aliphatic carbocycles. The van der Waals surface area contributed by atoms with Crippen molar-refractivity contribution in [3.8, 4) is 0 Å². The van der Waals surface area contributed by atoms with Gasteiger partial charge in [-0.25, -0.2) is 0 Å². The monoisotopic (exact) mass is 551 g/mol. The molecule has 2 unspecified atom stereocenters. The number of carbonyl (C=O) groups is 2. The van der Waals surface area contributed by atoms with Gasteiger partial charge in [-0.15, -0.1) is 0 Å². The third-order valence-corrected chi connectivity index (χ3v) is 8.22.